The molecule has 0 aromatic heterocycles. The molecule has 1 fully saturated rings. The van der Waals surface area contributed by atoms with Crippen LogP contribution in [-0.2, 0) is 6.54 Å². The molecule has 0 aliphatic carbocycles. The minimum absolute atomic E-state index is 0.145. The van der Waals surface area contributed by atoms with Gasteiger partial charge in [-0.25, -0.2) is 0 Å². The van der Waals surface area contributed by atoms with E-state index >= 15 is 0 Å². The van der Waals surface area contributed by atoms with Crippen LogP contribution in [0, 0.1) is 5.92 Å². The van der Waals surface area contributed by atoms with Gasteiger partial charge in [-0.15, -0.1) is 0 Å². The molecule has 0 spiro atoms. The zero-order valence-electron chi connectivity index (χ0n) is 10.4. The largest absolute Gasteiger partial charge is 0.338 e. The van der Waals surface area contributed by atoms with Crippen molar-refractivity contribution in [3.63, 3.8) is 0 Å². The molecule has 1 saturated heterocycles. The molecule has 1 aromatic rings. The lowest BCUT2D eigenvalue weighted by Crippen LogP contribution is -2.39. The van der Waals surface area contributed by atoms with Crippen molar-refractivity contribution in [1.82, 2.24) is 4.90 Å². The number of hydrogen-bond donors (Lipinski definition) is 1. The van der Waals surface area contributed by atoms with Gasteiger partial charge in [0.1, 0.15) is 0 Å². The lowest BCUT2D eigenvalue weighted by molar-refractivity contribution is 0.0683. The Hall–Kier alpha value is -1.35. The summed E-state index contributed by atoms with van der Waals surface area (Å²) in [6.07, 6.45) is 2.34. The molecular weight excluding hydrogens is 212 g/mol. The van der Waals surface area contributed by atoms with Crippen LogP contribution in [0.3, 0.4) is 0 Å². The molecule has 1 atom stereocenters. The van der Waals surface area contributed by atoms with Crippen molar-refractivity contribution in [2.45, 2.75) is 26.3 Å². The highest BCUT2D eigenvalue weighted by Crippen LogP contribution is 2.18. The van der Waals surface area contributed by atoms with Crippen LogP contribution in [0.2, 0.25) is 0 Å². The average Bonchev–Trinajstić information content (AvgIpc) is 2.38. The first kappa shape index (κ1) is 12.1. The smallest absolute Gasteiger partial charge is 0.253 e. The number of nitrogens with two attached hydrogens (primary N) is 1. The van der Waals surface area contributed by atoms with Crippen LogP contribution in [0.1, 0.15) is 35.7 Å². The van der Waals surface area contributed by atoms with Crippen LogP contribution in [0.5, 0.6) is 0 Å². The Morgan fingerprint density at radius 3 is 3.06 bits per heavy atom. The minimum Gasteiger partial charge on any atom is -0.338 e. The molecule has 2 rings (SSSR count). The zero-order valence-corrected chi connectivity index (χ0v) is 10.4. The Morgan fingerprint density at radius 2 is 2.35 bits per heavy atom. The molecule has 0 bridgehead atoms. The van der Waals surface area contributed by atoms with Gasteiger partial charge in [0.15, 0.2) is 0 Å². The maximum absolute atomic E-state index is 12.3. The van der Waals surface area contributed by atoms with Gasteiger partial charge in [-0.05, 0) is 36.5 Å². The van der Waals surface area contributed by atoms with Gasteiger partial charge in [0, 0.05) is 25.2 Å². The van der Waals surface area contributed by atoms with E-state index in [1.54, 1.807) is 0 Å². The summed E-state index contributed by atoms with van der Waals surface area (Å²) in [5, 5.41) is 0. The predicted octanol–water partition coefficient (Wildman–Crippen LogP) is 2.02. The van der Waals surface area contributed by atoms with Crippen LogP contribution < -0.4 is 5.73 Å². The summed E-state index contributed by atoms with van der Waals surface area (Å²) in [4.78, 5) is 14.3. The second-order valence-corrected chi connectivity index (χ2v) is 4.90. The molecule has 1 heterocycles. The number of rotatable bonds is 2. The van der Waals surface area contributed by atoms with E-state index < -0.39 is 0 Å². The summed E-state index contributed by atoms with van der Waals surface area (Å²) in [5.74, 6) is 0.761. The molecule has 0 radical (unpaired) electrons. The summed E-state index contributed by atoms with van der Waals surface area (Å²) < 4.78 is 0. The standard InChI is InChI=1S/C14H20N2O/c1-11-4-3-7-16(10-11)14(17)13-6-2-5-12(8-13)9-15/h2,5-6,8,11H,3-4,7,9-10,15H2,1H3. The van der Waals surface area contributed by atoms with Crippen molar-refractivity contribution < 1.29 is 4.79 Å². The van der Waals surface area contributed by atoms with Gasteiger partial charge in [0.05, 0.1) is 0 Å². The van der Waals surface area contributed by atoms with E-state index in [0.717, 1.165) is 30.6 Å². The summed E-state index contributed by atoms with van der Waals surface area (Å²) in [5.41, 5.74) is 7.37. The fraction of sp³-hybridized carbons (Fsp3) is 0.500. The van der Waals surface area contributed by atoms with Gasteiger partial charge in [0.25, 0.3) is 5.91 Å². The van der Waals surface area contributed by atoms with E-state index in [0.29, 0.717) is 12.5 Å². The van der Waals surface area contributed by atoms with E-state index in [1.807, 2.05) is 29.2 Å². The number of carbonyl (C=O) groups excluding carboxylic acids is 1. The van der Waals surface area contributed by atoms with Crippen molar-refractivity contribution in [3.8, 4) is 0 Å². The van der Waals surface area contributed by atoms with Gasteiger partial charge < -0.3 is 10.6 Å². The summed E-state index contributed by atoms with van der Waals surface area (Å²) in [6, 6.07) is 7.64. The normalized spacial score (nSPS) is 20.4. The third kappa shape index (κ3) is 2.86. The maximum atomic E-state index is 12.3. The molecule has 1 unspecified atom stereocenters. The van der Waals surface area contributed by atoms with Gasteiger partial charge in [-0.3, -0.25) is 4.79 Å². The monoisotopic (exact) mass is 232 g/mol. The average molecular weight is 232 g/mol. The fourth-order valence-electron chi connectivity index (χ4n) is 2.39. The Labute approximate surface area is 103 Å². The first-order valence-electron chi connectivity index (χ1n) is 6.29. The highest BCUT2D eigenvalue weighted by atomic mass is 16.2. The molecule has 1 aromatic carbocycles. The molecule has 1 amide bonds. The number of benzene rings is 1. The number of likely N-dealkylation sites (tertiary alicyclic amines) is 1. The predicted molar refractivity (Wildman–Crippen MR) is 68.6 cm³/mol. The highest BCUT2D eigenvalue weighted by molar-refractivity contribution is 5.94. The second-order valence-electron chi connectivity index (χ2n) is 4.90. The van der Waals surface area contributed by atoms with Crippen molar-refractivity contribution in [3.05, 3.63) is 35.4 Å². The van der Waals surface area contributed by atoms with E-state index in [4.69, 9.17) is 5.73 Å². The van der Waals surface area contributed by atoms with E-state index in [-0.39, 0.29) is 5.91 Å². The van der Waals surface area contributed by atoms with Crippen molar-refractivity contribution in [2.24, 2.45) is 11.7 Å². The molecule has 3 nitrogen and oxygen atoms in total. The molecular formula is C14H20N2O. The maximum Gasteiger partial charge on any atom is 0.253 e. The molecule has 1 aliphatic heterocycles. The molecule has 92 valence electrons. The second kappa shape index (κ2) is 5.32. The molecule has 2 N–H and O–H groups in total. The number of carbonyl (C=O) groups is 1. The summed E-state index contributed by atoms with van der Waals surface area (Å²) in [7, 11) is 0. The number of amides is 1. The topological polar surface area (TPSA) is 46.3 Å². The molecule has 3 heteroatoms. The first-order chi connectivity index (χ1) is 8.20. The van der Waals surface area contributed by atoms with Crippen molar-refractivity contribution in [2.75, 3.05) is 13.1 Å². The SMILES string of the molecule is CC1CCCN(C(=O)c2cccc(CN)c2)C1. The Balaban J connectivity index is 2.12. The Kier molecular flexibility index (Phi) is 3.79. The summed E-state index contributed by atoms with van der Waals surface area (Å²) >= 11 is 0. The Morgan fingerprint density at radius 1 is 1.53 bits per heavy atom. The van der Waals surface area contributed by atoms with Crippen LogP contribution >= 0.6 is 0 Å². The lowest BCUT2D eigenvalue weighted by atomic mass is 9.99. The van der Waals surface area contributed by atoms with E-state index in [9.17, 15) is 4.79 Å². The molecule has 0 saturated carbocycles. The van der Waals surface area contributed by atoms with Gasteiger partial charge in [-0.1, -0.05) is 19.1 Å². The van der Waals surface area contributed by atoms with Gasteiger partial charge >= 0.3 is 0 Å². The highest BCUT2D eigenvalue weighted by Gasteiger charge is 2.21. The van der Waals surface area contributed by atoms with Crippen LogP contribution in [0.4, 0.5) is 0 Å². The minimum atomic E-state index is 0.145. The third-order valence-electron chi connectivity index (χ3n) is 3.35. The van der Waals surface area contributed by atoms with Gasteiger partial charge in [0.2, 0.25) is 0 Å². The number of hydrogen-bond acceptors (Lipinski definition) is 2. The number of nitrogens with zero attached hydrogens (tertiary/aromatic N) is 1. The quantitative estimate of drug-likeness (QED) is 0.848. The van der Waals surface area contributed by atoms with Crippen molar-refractivity contribution in [1.29, 1.82) is 0 Å². The molecule has 1 aliphatic rings. The zero-order chi connectivity index (χ0) is 12.3. The lowest BCUT2D eigenvalue weighted by Gasteiger charge is -2.31. The van der Waals surface area contributed by atoms with Crippen molar-refractivity contribution >= 4 is 5.91 Å². The molecule has 17 heavy (non-hydrogen) atoms. The van der Waals surface area contributed by atoms with E-state index in [2.05, 4.69) is 6.92 Å². The Bertz CT molecular complexity index is 403. The first-order valence-corrected chi connectivity index (χ1v) is 6.29. The third-order valence-corrected chi connectivity index (χ3v) is 3.35. The van der Waals surface area contributed by atoms with Gasteiger partial charge in [-0.2, -0.15) is 0 Å². The van der Waals surface area contributed by atoms with Crippen LogP contribution in [-0.4, -0.2) is 23.9 Å². The number of piperidine rings is 1. The summed E-state index contributed by atoms with van der Waals surface area (Å²) in [6.45, 7) is 4.45. The van der Waals surface area contributed by atoms with E-state index in [1.165, 1.54) is 6.42 Å². The fourth-order valence-corrected chi connectivity index (χ4v) is 2.39. The van der Waals surface area contributed by atoms with Crippen LogP contribution in [0.15, 0.2) is 24.3 Å². The van der Waals surface area contributed by atoms with Crippen LogP contribution in [0.25, 0.3) is 0 Å².